The van der Waals surface area contributed by atoms with E-state index in [0.717, 1.165) is 17.7 Å². The lowest BCUT2D eigenvalue weighted by molar-refractivity contribution is -0.134. The molecule has 0 bridgehead atoms. The second-order valence-corrected chi connectivity index (χ2v) is 10.3. The van der Waals surface area contributed by atoms with E-state index in [1.54, 1.807) is 28.4 Å². The first kappa shape index (κ1) is 19.4. The minimum Gasteiger partial charge on any atom is -0.336 e. The molecule has 0 aliphatic heterocycles. The fourth-order valence-corrected chi connectivity index (χ4v) is 6.57. The highest BCUT2D eigenvalue weighted by atomic mass is 35.5. The van der Waals surface area contributed by atoms with Crippen molar-refractivity contribution in [3.8, 4) is 0 Å². The standard InChI is InChI=1S/C19H22ClNO3S2/c1-2-21(14-16-6-5-13-25-16)18(22)19(11-3-4-12-19)26(23,24)17-9-7-15(20)8-10-17/h5-10,13H,2-4,11-12,14H2,1H3. The zero-order chi connectivity index (χ0) is 18.8. The molecular formula is C19H22ClNO3S2. The number of amides is 1. The minimum absolute atomic E-state index is 0.171. The Kier molecular flexibility index (Phi) is 5.75. The molecule has 1 fully saturated rings. The van der Waals surface area contributed by atoms with Gasteiger partial charge in [0.1, 0.15) is 0 Å². The largest absolute Gasteiger partial charge is 0.336 e. The molecule has 0 saturated heterocycles. The van der Waals surface area contributed by atoms with Gasteiger partial charge in [0.2, 0.25) is 5.91 Å². The Morgan fingerprint density at radius 2 is 1.85 bits per heavy atom. The van der Waals surface area contributed by atoms with Gasteiger partial charge in [-0.3, -0.25) is 4.79 Å². The number of sulfone groups is 1. The predicted octanol–water partition coefficient (Wildman–Crippen LogP) is 4.54. The average molecular weight is 412 g/mol. The summed E-state index contributed by atoms with van der Waals surface area (Å²) in [6.45, 7) is 2.82. The van der Waals surface area contributed by atoms with Crippen molar-refractivity contribution in [2.75, 3.05) is 6.54 Å². The number of nitrogens with zero attached hydrogens (tertiary/aromatic N) is 1. The van der Waals surface area contributed by atoms with Gasteiger partial charge in [0, 0.05) is 16.4 Å². The number of halogens is 1. The van der Waals surface area contributed by atoms with Gasteiger partial charge in [0.25, 0.3) is 0 Å². The number of rotatable bonds is 6. The predicted molar refractivity (Wildman–Crippen MR) is 105 cm³/mol. The molecule has 1 heterocycles. The van der Waals surface area contributed by atoms with E-state index in [1.165, 1.54) is 12.1 Å². The molecule has 0 spiro atoms. The Morgan fingerprint density at radius 3 is 2.38 bits per heavy atom. The highest BCUT2D eigenvalue weighted by molar-refractivity contribution is 7.93. The van der Waals surface area contributed by atoms with E-state index in [1.807, 2.05) is 24.4 Å². The lowest BCUT2D eigenvalue weighted by atomic mass is 10.1. The van der Waals surface area contributed by atoms with Crippen molar-refractivity contribution in [3.05, 3.63) is 51.7 Å². The molecule has 1 aliphatic rings. The number of benzene rings is 1. The third-order valence-electron chi connectivity index (χ3n) is 5.04. The van der Waals surface area contributed by atoms with Crippen LogP contribution in [0.15, 0.2) is 46.7 Å². The maximum atomic E-state index is 13.4. The van der Waals surface area contributed by atoms with E-state index in [-0.39, 0.29) is 10.8 Å². The minimum atomic E-state index is -3.80. The molecule has 1 aliphatic carbocycles. The summed E-state index contributed by atoms with van der Waals surface area (Å²) in [7, 11) is -3.80. The van der Waals surface area contributed by atoms with Crippen molar-refractivity contribution in [1.29, 1.82) is 0 Å². The van der Waals surface area contributed by atoms with Gasteiger partial charge in [-0.05, 0) is 55.5 Å². The molecule has 1 aromatic heterocycles. The molecule has 26 heavy (non-hydrogen) atoms. The number of carbonyl (C=O) groups excluding carboxylic acids is 1. The van der Waals surface area contributed by atoms with Crippen LogP contribution >= 0.6 is 22.9 Å². The van der Waals surface area contributed by atoms with E-state index < -0.39 is 14.6 Å². The van der Waals surface area contributed by atoms with E-state index in [2.05, 4.69) is 0 Å². The smallest absolute Gasteiger partial charge is 0.244 e. The van der Waals surface area contributed by atoms with Crippen LogP contribution in [-0.4, -0.2) is 30.5 Å². The SMILES string of the molecule is CCN(Cc1cccs1)C(=O)C1(S(=O)(=O)c2ccc(Cl)cc2)CCCC1. The summed E-state index contributed by atoms with van der Waals surface area (Å²) in [6, 6.07) is 10.0. The summed E-state index contributed by atoms with van der Waals surface area (Å²) in [5.74, 6) is -0.277. The van der Waals surface area contributed by atoms with Crippen LogP contribution in [-0.2, 0) is 21.2 Å². The van der Waals surface area contributed by atoms with Crippen LogP contribution < -0.4 is 0 Å². The zero-order valence-electron chi connectivity index (χ0n) is 14.7. The number of carbonyl (C=O) groups is 1. The van der Waals surface area contributed by atoms with Crippen molar-refractivity contribution in [3.63, 3.8) is 0 Å². The number of hydrogen-bond acceptors (Lipinski definition) is 4. The second-order valence-electron chi connectivity index (χ2n) is 6.56. The Labute approximate surface area is 163 Å². The first-order chi connectivity index (χ1) is 12.4. The molecule has 3 rings (SSSR count). The lowest BCUT2D eigenvalue weighted by Gasteiger charge is -2.33. The fourth-order valence-electron chi connectivity index (χ4n) is 3.59. The first-order valence-corrected chi connectivity index (χ1v) is 11.5. The molecule has 0 atom stereocenters. The van der Waals surface area contributed by atoms with Crippen LogP contribution in [0.3, 0.4) is 0 Å². The monoisotopic (exact) mass is 411 g/mol. The summed E-state index contributed by atoms with van der Waals surface area (Å²) in [5.41, 5.74) is 0. The Bertz CT molecular complexity index is 855. The van der Waals surface area contributed by atoms with Crippen molar-refractivity contribution in [2.45, 2.75) is 48.8 Å². The Hall–Kier alpha value is -1.37. The molecule has 140 valence electrons. The van der Waals surface area contributed by atoms with Gasteiger partial charge in [-0.25, -0.2) is 8.42 Å². The zero-order valence-corrected chi connectivity index (χ0v) is 17.0. The highest BCUT2D eigenvalue weighted by Gasteiger charge is 2.54. The van der Waals surface area contributed by atoms with Crippen LogP contribution in [0.2, 0.25) is 5.02 Å². The number of hydrogen-bond donors (Lipinski definition) is 0. The van der Waals surface area contributed by atoms with Crippen LogP contribution in [0.25, 0.3) is 0 Å². The van der Waals surface area contributed by atoms with Crippen LogP contribution in [0, 0.1) is 0 Å². The molecule has 1 saturated carbocycles. The third-order valence-corrected chi connectivity index (χ3v) is 8.65. The van der Waals surface area contributed by atoms with Gasteiger partial charge in [-0.2, -0.15) is 0 Å². The molecule has 4 nitrogen and oxygen atoms in total. The third kappa shape index (κ3) is 3.42. The lowest BCUT2D eigenvalue weighted by Crippen LogP contribution is -2.52. The van der Waals surface area contributed by atoms with Crippen molar-refractivity contribution in [1.82, 2.24) is 4.90 Å². The molecule has 0 unspecified atom stereocenters. The molecule has 0 N–H and O–H groups in total. The first-order valence-electron chi connectivity index (χ1n) is 8.73. The van der Waals surface area contributed by atoms with E-state index >= 15 is 0 Å². The van der Waals surface area contributed by atoms with Crippen LogP contribution in [0.1, 0.15) is 37.5 Å². The Balaban J connectivity index is 1.98. The summed E-state index contributed by atoms with van der Waals surface area (Å²) in [4.78, 5) is 16.3. The maximum absolute atomic E-state index is 13.4. The highest BCUT2D eigenvalue weighted by Crippen LogP contribution is 2.42. The summed E-state index contributed by atoms with van der Waals surface area (Å²) < 4.78 is 25.5. The van der Waals surface area contributed by atoms with Gasteiger partial charge < -0.3 is 4.90 Å². The van der Waals surface area contributed by atoms with Crippen molar-refractivity contribution in [2.24, 2.45) is 0 Å². The van der Waals surface area contributed by atoms with Crippen LogP contribution in [0.4, 0.5) is 0 Å². The van der Waals surface area contributed by atoms with Gasteiger partial charge >= 0.3 is 0 Å². The van der Waals surface area contributed by atoms with Gasteiger partial charge in [-0.15, -0.1) is 11.3 Å². The Morgan fingerprint density at radius 1 is 1.19 bits per heavy atom. The number of thiophene rings is 1. The van der Waals surface area contributed by atoms with Gasteiger partial charge in [0.05, 0.1) is 11.4 Å². The molecular weight excluding hydrogens is 390 g/mol. The quantitative estimate of drug-likeness (QED) is 0.701. The fraction of sp³-hybridized carbons (Fsp3) is 0.421. The summed E-state index contributed by atoms with van der Waals surface area (Å²) >= 11 is 7.48. The van der Waals surface area contributed by atoms with Crippen molar-refractivity contribution >= 4 is 38.7 Å². The molecule has 1 amide bonds. The maximum Gasteiger partial charge on any atom is 0.244 e. The molecule has 1 aromatic carbocycles. The topological polar surface area (TPSA) is 54.5 Å². The second kappa shape index (κ2) is 7.71. The molecule has 0 radical (unpaired) electrons. The van der Waals surface area contributed by atoms with Gasteiger partial charge in [0.15, 0.2) is 14.6 Å². The summed E-state index contributed by atoms with van der Waals surface area (Å²) in [6.07, 6.45) is 2.24. The van der Waals surface area contributed by atoms with Crippen molar-refractivity contribution < 1.29 is 13.2 Å². The van der Waals surface area contributed by atoms with E-state index in [0.29, 0.717) is 31.0 Å². The molecule has 7 heteroatoms. The van der Waals surface area contributed by atoms with E-state index in [4.69, 9.17) is 11.6 Å². The van der Waals surface area contributed by atoms with Gasteiger partial charge in [-0.1, -0.05) is 30.5 Å². The normalized spacial score (nSPS) is 16.5. The van der Waals surface area contributed by atoms with E-state index in [9.17, 15) is 13.2 Å². The summed E-state index contributed by atoms with van der Waals surface area (Å²) in [5, 5.41) is 2.44. The van der Waals surface area contributed by atoms with Crippen LogP contribution in [0.5, 0.6) is 0 Å². The molecule has 2 aromatic rings. The average Bonchev–Trinajstić information content (AvgIpc) is 3.32.